The lowest BCUT2D eigenvalue weighted by Crippen LogP contribution is -2.33. The fourth-order valence-electron chi connectivity index (χ4n) is 1.27. The summed E-state index contributed by atoms with van der Waals surface area (Å²) in [6.45, 7) is 3.99. The second kappa shape index (κ2) is 5.29. The monoisotopic (exact) mass is 209 g/mol. The maximum Gasteiger partial charge on any atom is 0.271 e. The Morgan fingerprint density at radius 3 is 2.87 bits per heavy atom. The minimum Gasteiger partial charge on any atom is -0.348 e. The molecule has 1 atom stereocenters. The molecule has 1 heterocycles. The first kappa shape index (κ1) is 11.4. The lowest BCUT2D eigenvalue weighted by molar-refractivity contribution is 0.0932. The third kappa shape index (κ3) is 3.53. The average molecular weight is 209 g/mol. The van der Waals surface area contributed by atoms with E-state index in [1.165, 1.54) is 12.1 Å². The number of aromatic amines is 1. The maximum absolute atomic E-state index is 11.5. The summed E-state index contributed by atoms with van der Waals surface area (Å²) in [5.41, 5.74) is -0.0780. The lowest BCUT2D eigenvalue weighted by Gasteiger charge is -2.11. The summed E-state index contributed by atoms with van der Waals surface area (Å²) in [6.07, 6.45) is 1.94. The third-order valence-electron chi connectivity index (χ3n) is 2.01. The minimum atomic E-state index is -0.312. The van der Waals surface area contributed by atoms with Crippen LogP contribution in [0.4, 0.5) is 0 Å². The molecule has 0 spiro atoms. The summed E-state index contributed by atoms with van der Waals surface area (Å²) in [4.78, 5) is 22.3. The van der Waals surface area contributed by atoms with Gasteiger partial charge < -0.3 is 5.32 Å². The summed E-state index contributed by atoms with van der Waals surface area (Å²) in [6, 6.07) is 2.82. The maximum atomic E-state index is 11.5. The van der Waals surface area contributed by atoms with E-state index in [4.69, 9.17) is 0 Å². The van der Waals surface area contributed by atoms with Crippen LogP contribution in [-0.4, -0.2) is 22.1 Å². The van der Waals surface area contributed by atoms with Gasteiger partial charge in [-0.15, -0.1) is 0 Å². The first-order valence-electron chi connectivity index (χ1n) is 5.00. The number of rotatable bonds is 4. The van der Waals surface area contributed by atoms with Crippen molar-refractivity contribution < 1.29 is 4.79 Å². The van der Waals surface area contributed by atoms with Gasteiger partial charge in [-0.3, -0.25) is 9.59 Å². The Kier molecular flexibility index (Phi) is 4.03. The predicted molar refractivity (Wildman–Crippen MR) is 56.7 cm³/mol. The molecular formula is C10H15N3O2. The molecule has 5 heteroatoms. The lowest BCUT2D eigenvalue weighted by atomic mass is 10.2. The Morgan fingerprint density at radius 1 is 1.60 bits per heavy atom. The number of nitrogens with one attached hydrogen (secondary N) is 2. The van der Waals surface area contributed by atoms with Crippen LogP contribution in [0.1, 0.15) is 37.2 Å². The summed E-state index contributed by atoms with van der Waals surface area (Å²) in [5.74, 6) is -0.257. The number of carbonyl (C=O) groups is 1. The van der Waals surface area contributed by atoms with Gasteiger partial charge in [0.15, 0.2) is 0 Å². The van der Waals surface area contributed by atoms with Crippen molar-refractivity contribution in [3.05, 3.63) is 28.2 Å². The van der Waals surface area contributed by atoms with Crippen LogP contribution in [0.15, 0.2) is 16.9 Å². The Labute approximate surface area is 87.9 Å². The smallest absolute Gasteiger partial charge is 0.271 e. The van der Waals surface area contributed by atoms with Crippen molar-refractivity contribution >= 4 is 5.91 Å². The van der Waals surface area contributed by atoms with Crippen LogP contribution < -0.4 is 10.9 Å². The van der Waals surface area contributed by atoms with Crippen LogP contribution in [0.5, 0.6) is 0 Å². The van der Waals surface area contributed by atoms with Crippen molar-refractivity contribution in [2.24, 2.45) is 0 Å². The number of hydrogen-bond acceptors (Lipinski definition) is 3. The Balaban J connectivity index is 2.61. The number of hydrogen-bond donors (Lipinski definition) is 2. The van der Waals surface area contributed by atoms with Crippen LogP contribution in [0, 0.1) is 0 Å². The molecule has 0 fully saturated rings. The third-order valence-corrected chi connectivity index (χ3v) is 2.01. The SMILES string of the molecule is CCCC(C)NC(=O)c1ccc(=O)[nH]n1. The molecule has 0 saturated heterocycles. The topological polar surface area (TPSA) is 74.8 Å². The molecule has 1 amide bonds. The van der Waals surface area contributed by atoms with Crippen LogP contribution in [0.2, 0.25) is 0 Å². The van der Waals surface area contributed by atoms with E-state index in [0.717, 1.165) is 12.8 Å². The molecule has 0 aliphatic heterocycles. The molecule has 1 aromatic rings. The molecule has 0 saturated carbocycles. The molecule has 82 valence electrons. The van der Waals surface area contributed by atoms with Crippen LogP contribution in [0.25, 0.3) is 0 Å². The minimum absolute atomic E-state index is 0.122. The Hall–Kier alpha value is -1.65. The first-order chi connectivity index (χ1) is 7.13. The number of carbonyl (C=O) groups excluding carboxylic acids is 1. The highest BCUT2D eigenvalue weighted by Crippen LogP contribution is 1.97. The van der Waals surface area contributed by atoms with E-state index < -0.39 is 0 Å². The van der Waals surface area contributed by atoms with Gasteiger partial charge in [0.25, 0.3) is 11.5 Å². The zero-order valence-corrected chi connectivity index (χ0v) is 8.91. The number of aromatic nitrogens is 2. The summed E-state index contributed by atoms with van der Waals surface area (Å²) < 4.78 is 0. The van der Waals surface area contributed by atoms with Gasteiger partial charge >= 0.3 is 0 Å². The standard InChI is InChI=1S/C10H15N3O2/c1-3-4-7(2)11-10(15)8-5-6-9(14)13-12-8/h5-7H,3-4H2,1-2H3,(H,11,15)(H,13,14). The normalized spacial score (nSPS) is 12.1. The predicted octanol–water partition coefficient (Wildman–Crippen LogP) is 0.688. The van der Waals surface area contributed by atoms with Gasteiger partial charge in [-0.25, -0.2) is 5.10 Å². The molecular weight excluding hydrogens is 194 g/mol. The van der Waals surface area contributed by atoms with Crippen LogP contribution >= 0.6 is 0 Å². The second-order valence-corrected chi connectivity index (χ2v) is 3.47. The molecule has 1 aromatic heterocycles. The molecule has 5 nitrogen and oxygen atoms in total. The zero-order valence-electron chi connectivity index (χ0n) is 8.91. The van der Waals surface area contributed by atoms with Gasteiger partial charge in [-0.05, 0) is 19.4 Å². The van der Waals surface area contributed by atoms with E-state index in [1.807, 2.05) is 6.92 Å². The quantitative estimate of drug-likeness (QED) is 0.766. The van der Waals surface area contributed by atoms with E-state index in [0.29, 0.717) is 0 Å². The Bertz CT molecular complexity index is 366. The molecule has 0 aliphatic rings. The largest absolute Gasteiger partial charge is 0.348 e. The number of amides is 1. The van der Waals surface area contributed by atoms with Gasteiger partial charge in [0.1, 0.15) is 5.69 Å². The summed E-state index contributed by atoms with van der Waals surface area (Å²) >= 11 is 0. The van der Waals surface area contributed by atoms with Crippen molar-refractivity contribution in [2.45, 2.75) is 32.7 Å². The number of H-pyrrole nitrogens is 1. The van der Waals surface area contributed by atoms with Crippen molar-refractivity contribution in [2.75, 3.05) is 0 Å². The molecule has 2 N–H and O–H groups in total. The van der Waals surface area contributed by atoms with Crippen LogP contribution in [0.3, 0.4) is 0 Å². The fourth-order valence-corrected chi connectivity index (χ4v) is 1.27. The van der Waals surface area contributed by atoms with Gasteiger partial charge in [0.2, 0.25) is 0 Å². The Morgan fingerprint density at radius 2 is 2.33 bits per heavy atom. The fraction of sp³-hybridized carbons (Fsp3) is 0.500. The molecule has 0 bridgehead atoms. The van der Waals surface area contributed by atoms with Crippen molar-refractivity contribution in [3.8, 4) is 0 Å². The van der Waals surface area contributed by atoms with E-state index >= 15 is 0 Å². The van der Waals surface area contributed by atoms with Crippen molar-refractivity contribution in [1.29, 1.82) is 0 Å². The highest BCUT2D eigenvalue weighted by molar-refractivity contribution is 5.92. The van der Waals surface area contributed by atoms with Gasteiger partial charge in [-0.1, -0.05) is 13.3 Å². The van der Waals surface area contributed by atoms with Crippen LogP contribution in [-0.2, 0) is 0 Å². The molecule has 1 rings (SSSR count). The van der Waals surface area contributed by atoms with Gasteiger partial charge in [-0.2, -0.15) is 5.10 Å². The molecule has 15 heavy (non-hydrogen) atoms. The van der Waals surface area contributed by atoms with Gasteiger partial charge in [0.05, 0.1) is 0 Å². The second-order valence-electron chi connectivity index (χ2n) is 3.47. The average Bonchev–Trinajstić information content (AvgIpc) is 2.18. The summed E-state index contributed by atoms with van der Waals surface area (Å²) in [5, 5.41) is 8.65. The molecule has 0 radical (unpaired) electrons. The molecule has 1 unspecified atom stereocenters. The zero-order chi connectivity index (χ0) is 11.3. The van der Waals surface area contributed by atoms with E-state index in [9.17, 15) is 9.59 Å². The summed E-state index contributed by atoms with van der Waals surface area (Å²) in [7, 11) is 0. The van der Waals surface area contributed by atoms with Crippen molar-refractivity contribution in [3.63, 3.8) is 0 Å². The highest BCUT2D eigenvalue weighted by atomic mass is 16.2. The number of nitrogens with zero attached hydrogens (tertiary/aromatic N) is 1. The van der Waals surface area contributed by atoms with Crippen molar-refractivity contribution in [1.82, 2.24) is 15.5 Å². The van der Waals surface area contributed by atoms with E-state index in [-0.39, 0.29) is 23.2 Å². The highest BCUT2D eigenvalue weighted by Gasteiger charge is 2.09. The van der Waals surface area contributed by atoms with E-state index in [2.05, 4.69) is 22.4 Å². The van der Waals surface area contributed by atoms with E-state index in [1.54, 1.807) is 0 Å². The first-order valence-corrected chi connectivity index (χ1v) is 5.00. The van der Waals surface area contributed by atoms with Gasteiger partial charge in [0, 0.05) is 12.1 Å². The molecule has 0 aliphatic carbocycles. The molecule has 0 aromatic carbocycles.